The lowest BCUT2D eigenvalue weighted by atomic mass is 9.85. The highest BCUT2D eigenvalue weighted by molar-refractivity contribution is 5.99. The SMILES string of the molecule is COC[C@@H](C)OC(=O)OCOc1c2n(cc(C(=O)NCc3ccc(F)cc3F)c1=O)[C@@H]1CN(C2=O)[C@@H](C)CC[C@]12CC(OC)=NO2. The van der Waals surface area contributed by atoms with Gasteiger partial charge in [-0.25, -0.2) is 13.6 Å². The van der Waals surface area contributed by atoms with Crippen molar-refractivity contribution in [1.29, 1.82) is 0 Å². The summed E-state index contributed by atoms with van der Waals surface area (Å²) in [5.74, 6) is -3.35. The van der Waals surface area contributed by atoms with Crippen LogP contribution in [0.2, 0.25) is 0 Å². The van der Waals surface area contributed by atoms with Crippen molar-refractivity contribution >= 4 is 23.9 Å². The fourth-order valence-electron chi connectivity index (χ4n) is 5.85. The molecule has 0 unspecified atom stereocenters. The normalized spacial score (nSPS) is 22.3. The van der Waals surface area contributed by atoms with E-state index < -0.39 is 70.9 Å². The first-order valence-electron chi connectivity index (χ1n) is 14.5. The molecule has 1 N–H and O–H groups in total. The second kappa shape index (κ2) is 13.3. The van der Waals surface area contributed by atoms with Gasteiger partial charge in [-0.15, -0.1) is 0 Å². The number of carbonyl (C=O) groups is 3. The molecule has 1 spiro atoms. The molecule has 2 aromatic rings. The maximum atomic E-state index is 14.3. The third kappa shape index (κ3) is 6.34. The molecule has 16 heteroatoms. The minimum Gasteiger partial charge on any atom is -0.482 e. The van der Waals surface area contributed by atoms with E-state index in [1.165, 1.54) is 25.0 Å². The van der Waals surface area contributed by atoms with Gasteiger partial charge in [0.15, 0.2) is 11.3 Å². The second-order valence-corrected chi connectivity index (χ2v) is 11.3. The Balaban J connectivity index is 1.53. The second-order valence-electron chi connectivity index (χ2n) is 11.3. The highest BCUT2D eigenvalue weighted by Crippen LogP contribution is 2.46. The molecule has 0 radical (unpaired) electrons. The number of benzene rings is 1. The van der Waals surface area contributed by atoms with Gasteiger partial charge in [-0.1, -0.05) is 11.2 Å². The zero-order valence-electron chi connectivity index (χ0n) is 25.7. The Kier molecular flexibility index (Phi) is 9.46. The number of halogens is 2. The summed E-state index contributed by atoms with van der Waals surface area (Å²) in [7, 11) is 2.89. The van der Waals surface area contributed by atoms with E-state index in [0.717, 1.165) is 12.1 Å². The molecule has 1 fully saturated rings. The summed E-state index contributed by atoms with van der Waals surface area (Å²) in [5.41, 5.74) is -2.64. The Hall–Kier alpha value is -4.73. The van der Waals surface area contributed by atoms with Crippen LogP contribution in [-0.2, 0) is 30.3 Å². The zero-order chi connectivity index (χ0) is 33.2. The van der Waals surface area contributed by atoms with Gasteiger partial charge < -0.3 is 43.3 Å². The van der Waals surface area contributed by atoms with E-state index in [1.807, 2.05) is 6.92 Å². The number of pyridine rings is 1. The van der Waals surface area contributed by atoms with E-state index in [-0.39, 0.29) is 43.4 Å². The summed E-state index contributed by atoms with van der Waals surface area (Å²) in [5, 5.41) is 6.55. The highest BCUT2D eigenvalue weighted by Gasteiger charge is 2.55. The number of nitrogens with one attached hydrogen (secondary N) is 1. The quantitative estimate of drug-likeness (QED) is 0.317. The van der Waals surface area contributed by atoms with Crippen molar-refractivity contribution in [2.24, 2.45) is 5.16 Å². The maximum Gasteiger partial charge on any atom is 0.511 e. The van der Waals surface area contributed by atoms with Crippen molar-refractivity contribution in [2.45, 2.75) is 63.4 Å². The first-order chi connectivity index (χ1) is 22.0. The van der Waals surface area contributed by atoms with E-state index in [2.05, 4.69) is 10.5 Å². The average molecular weight is 649 g/mol. The molecule has 248 valence electrons. The summed E-state index contributed by atoms with van der Waals surface area (Å²) in [6.07, 6.45) is 0.720. The number of hydrogen-bond donors (Lipinski definition) is 1. The summed E-state index contributed by atoms with van der Waals surface area (Å²) in [4.78, 5) is 61.0. The van der Waals surface area contributed by atoms with Crippen molar-refractivity contribution in [3.8, 4) is 5.75 Å². The fraction of sp³-hybridized carbons (Fsp3) is 0.500. The van der Waals surface area contributed by atoms with Gasteiger partial charge in [0.2, 0.25) is 23.9 Å². The molecule has 3 aliphatic rings. The van der Waals surface area contributed by atoms with Crippen LogP contribution < -0.4 is 15.5 Å². The number of ether oxygens (including phenoxy) is 5. The van der Waals surface area contributed by atoms with Gasteiger partial charge in [-0.05, 0) is 32.8 Å². The molecule has 2 amide bonds. The number of methoxy groups -OCH3 is 2. The summed E-state index contributed by atoms with van der Waals surface area (Å²) < 4.78 is 55.0. The number of nitrogens with zero attached hydrogens (tertiary/aromatic N) is 3. The number of rotatable bonds is 9. The molecule has 46 heavy (non-hydrogen) atoms. The molecule has 1 aromatic carbocycles. The number of carbonyl (C=O) groups excluding carboxylic acids is 3. The van der Waals surface area contributed by atoms with Crippen LogP contribution in [0.1, 0.15) is 65.6 Å². The number of hydrogen-bond acceptors (Lipinski definition) is 11. The molecule has 4 heterocycles. The monoisotopic (exact) mass is 648 g/mol. The van der Waals surface area contributed by atoms with Gasteiger partial charge >= 0.3 is 6.16 Å². The van der Waals surface area contributed by atoms with E-state index >= 15 is 0 Å². The van der Waals surface area contributed by atoms with Crippen LogP contribution >= 0.6 is 0 Å². The molecular formula is C30H34F2N4O10. The topological polar surface area (TPSA) is 156 Å². The highest BCUT2D eigenvalue weighted by atomic mass is 19.1. The molecule has 2 bridgehead atoms. The van der Waals surface area contributed by atoms with Gasteiger partial charge in [0.05, 0.1) is 26.2 Å². The number of oxime groups is 1. The predicted molar refractivity (Wildman–Crippen MR) is 154 cm³/mol. The first kappa shape index (κ1) is 32.7. The van der Waals surface area contributed by atoms with Gasteiger partial charge in [0, 0.05) is 44.1 Å². The third-order valence-electron chi connectivity index (χ3n) is 8.28. The van der Waals surface area contributed by atoms with E-state index in [1.54, 1.807) is 11.8 Å². The zero-order valence-corrected chi connectivity index (χ0v) is 25.7. The van der Waals surface area contributed by atoms with Crippen LogP contribution in [0.5, 0.6) is 5.75 Å². The Morgan fingerprint density at radius 2 is 2.02 bits per heavy atom. The van der Waals surface area contributed by atoms with Gasteiger partial charge in [0.1, 0.15) is 23.3 Å². The van der Waals surface area contributed by atoms with Crippen molar-refractivity contribution in [2.75, 3.05) is 34.2 Å². The lowest BCUT2D eigenvalue weighted by Gasteiger charge is -2.42. The van der Waals surface area contributed by atoms with Crippen molar-refractivity contribution in [1.82, 2.24) is 14.8 Å². The lowest BCUT2D eigenvalue weighted by Crippen LogP contribution is -2.52. The molecular weight excluding hydrogens is 614 g/mol. The molecule has 4 atom stereocenters. The average Bonchev–Trinajstić information content (AvgIpc) is 3.39. The molecule has 1 saturated heterocycles. The predicted octanol–water partition coefficient (Wildman–Crippen LogP) is 2.88. The van der Waals surface area contributed by atoms with Gasteiger partial charge in [-0.2, -0.15) is 0 Å². The third-order valence-corrected chi connectivity index (χ3v) is 8.28. The van der Waals surface area contributed by atoms with Crippen LogP contribution in [0.25, 0.3) is 0 Å². The Bertz CT molecular complexity index is 1610. The molecule has 0 aliphatic carbocycles. The van der Waals surface area contributed by atoms with Crippen LogP contribution in [0.3, 0.4) is 0 Å². The number of amides is 2. The van der Waals surface area contributed by atoms with Crippen molar-refractivity contribution < 1.29 is 51.7 Å². The first-order valence-corrected chi connectivity index (χ1v) is 14.5. The largest absolute Gasteiger partial charge is 0.511 e. The lowest BCUT2D eigenvalue weighted by molar-refractivity contribution is -0.0658. The molecule has 0 saturated carbocycles. The van der Waals surface area contributed by atoms with E-state index in [4.69, 9.17) is 28.5 Å². The van der Waals surface area contributed by atoms with E-state index in [0.29, 0.717) is 24.8 Å². The van der Waals surface area contributed by atoms with Gasteiger partial charge in [0.25, 0.3) is 11.8 Å². The summed E-state index contributed by atoms with van der Waals surface area (Å²) >= 11 is 0. The standard InChI is InChI=1S/C30H34F2N4O10/c1-16-7-8-30(10-23(42-4)34-46-30)22-13-35(16)28(39)24-26(43-15-44-29(40)45-17(2)14-41-3)25(37)20(12-36(22)24)27(38)33-11-18-5-6-19(31)9-21(18)32/h5-6,9,12,16-17,22H,7-8,10-11,13-15H2,1-4H3,(H,33,38)/t16-,17+,22+,30-/m0/s1. The summed E-state index contributed by atoms with van der Waals surface area (Å²) in [6.45, 7) is 2.49. The Labute approximate surface area is 262 Å². The van der Waals surface area contributed by atoms with Crippen LogP contribution in [-0.4, -0.2) is 85.2 Å². The fourth-order valence-corrected chi connectivity index (χ4v) is 5.85. The smallest absolute Gasteiger partial charge is 0.482 e. The maximum absolute atomic E-state index is 14.3. The van der Waals surface area contributed by atoms with E-state index in [9.17, 15) is 28.0 Å². The Morgan fingerprint density at radius 1 is 1.24 bits per heavy atom. The van der Waals surface area contributed by atoms with Crippen LogP contribution in [0, 0.1) is 11.6 Å². The van der Waals surface area contributed by atoms with Crippen LogP contribution in [0.15, 0.2) is 34.3 Å². The Morgan fingerprint density at radius 3 is 2.72 bits per heavy atom. The molecule has 1 aromatic heterocycles. The van der Waals surface area contributed by atoms with Crippen molar-refractivity contribution in [3.05, 3.63) is 63.1 Å². The molecule has 14 nitrogen and oxygen atoms in total. The summed E-state index contributed by atoms with van der Waals surface area (Å²) in [6, 6.07) is 1.95. The molecule has 3 aliphatic heterocycles. The van der Waals surface area contributed by atoms with Crippen LogP contribution in [0.4, 0.5) is 13.6 Å². The molecule has 5 rings (SSSR count). The minimum atomic E-state index is -1.12. The minimum absolute atomic E-state index is 0.0231. The number of fused-ring (bicyclic) bond motifs is 5. The van der Waals surface area contributed by atoms with Crippen molar-refractivity contribution in [3.63, 3.8) is 0 Å². The number of aromatic nitrogens is 1. The van der Waals surface area contributed by atoms with Gasteiger partial charge in [-0.3, -0.25) is 14.4 Å².